The Morgan fingerprint density at radius 3 is 2.42 bits per heavy atom. The molecule has 2 atom stereocenters. The Kier molecular flexibility index (Phi) is 5.72. The average molecular weight is 328 g/mol. The van der Waals surface area contributed by atoms with Crippen molar-refractivity contribution in [3.8, 4) is 0 Å². The molecule has 2 fully saturated rings. The minimum Gasteiger partial charge on any atom is -0.350 e. The van der Waals surface area contributed by atoms with Gasteiger partial charge < -0.3 is 15.5 Å². The number of benzene rings is 1. The van der Waals surface area contributed by atoms with E-state index in [1.54, 1.807) is 7.05 Å². The van der Waals surface area contributed by atoms with Crippen LogP contribution in [0.15, 0.2) is 35.3 Å². The smallest absolute Gasteiger partial charge is 0.239 e. The summed E-state index contributed by atoms with van der Waals surface area (Å²) in [5.41, 5.74) is 1.11. The van der Waals surface area contributed by atoms with E-state index in [-0.39, 0.29) is 12.5 Å². The number of likely N-dealkylation sites (tertiary alicyclic amines) is 1. The molecule has 0 aromatic heterocycles. The molecule has 2 unspecified atom stereocenters. The predicted molar refractivity (Wildman–Crippen MR) is 96.7 cm³/mol. The van der Waals surface area contributed by atoms with E-state index in [4.69, 9.17) is 0 Å². The summed E-state index contributed by atoms with van der Waals surface area (Å²) in [5, 5.41) is 6.16. The quantitative estimate of drug-likeness (QED) is 0.656. The van der Waals surface area contributed by atoms with Crippen LogP contribution in [0.3, 0.4) is 0 Å². The van der Waals surface area contributed by atoms with Crippen molar-refractivity contribution in [1.29, 1.82) is 0 Å². The van der Waals surface area contributed by atoms with Crippen molar-refractivity contribution in [2.45, 2.75) is 32.2 Å². The van der Waals surface area contributed by atoms with E-state index in [0.717, 1.165) is 36.4 Å². The van der Waals surface area contributed by atoms with Crippen LogP contribution in [-0.2, 0) is 11.3 Å². The third kappa shape index (κ3) is 4.28. The highest BCUT2D eigenvalue weighted by Gasteiger charge is 2.35. The van der Waals surface area contributed by atoms with E-state index in [0.29, 0.717) is 6.54 Å². The fourth-order valence-electron chi connectivity index (χ4n) is 3.93. The number of nitrogens with one attached hydrogen (secondary N) is 2. The molecule has 1 heterocycles. The van der Waals surface area contributed by atoms with E-state index in [1.165, 1.54) is 25.7 Å². The first-order valence-electron chi connectivity index (χ1n) is 9.02. The predicted octanol–water partition coefficient (Wildman–Crippen LogP) is 2.00. The van der Waals surface area contributed by atoms with Crippen molar-refractivity contribution in [3.05, 3.63) is 35.9 Å². The molecule has 0 bridgehead atoms. The Hall–Kier alpha value is -2.04. The molecule has 1 aromatic carbocycles. The highest BCUT2D eigenvalue weighted by molar-refractivity contribution is 5.86. The maximum atomic E-state index is 12.1. The molecule has 2 N–H and O–H groups in total. The number of nitrogens with zero attached hydrogens (tertiary/aromatic N) is 2. The summed E-state index contributed by atoms with van der Waals surface area (Å²) < 4.78 is 0. The van der Waals surface area contributed by atoms with E-state index in [1.807, 2.05) is 30.3 Å². The number of rotatable bonds is 4. The Bertz CT molecular complexity index is 558. The molecule has 130 valence electrons. The van der Waals surface area contributed by atoms with Crippen LogP contribution in [0.2, 0.25) is 0 Å². The van der Waals surface area contributed by atoms with Crippen LogP contribution in [0.1, 0.15) is 31.2 Å². The Labute approximate surface area is 144 Å². The van der Waals surface area contributed by atoms with E-state index in [9.17, 15) is 4.79 Å². The zero-order valence-corrected chi connectivity index (χ0v) is 14.5. The maximum absolute atomic E-state index is 12.1. The third-order valence-corrected chi connectivity index (χ3v) is 5.23. The number of carbonyl (C=O) groups excluding carboxylic acids is 1. The number of aliphatic imine (C=N–C) groups is 1. The van der Waals surface area contributed by atoms with E-state index in [2.05, 4.69) is 20.5 Å². The molecule has 5 heteroatoms. The van der Waals surface area contributed by atoms with Gasteiger partial charge in [0, 0.05) is 26.7 Å². The molecule has 1 saturated heterocycles. The lowest BCUT2D eigenvalue weighted by molar-refractivity contribution is -0.120. The van der Waals surface area contributed by atoms with Gasteiger partial charge in [-0.2, -0.15) is 0 Å². The van der Waals surface area contributed by atoms with Crippen molar-refractivity contribution < 1.29 is 4.79 Å². The molecule has 1 aromatic rings. The average Bonchev–Trinajstić information content (AvgIpc) is 3.05. The molecular weight excluding hydrogens is 300 g/mol. The van der Waals surface area contributed by atoms with Crippen molar-refractivity contribution in [2.75, 3.05) is 26.7 Å². The second-order valence-electron chi connectivity index (χ2n) is 6.87. The summed E-state index contributed by atoms with van der Waals surface area (Å²) in [5.74, 6) is 2.48. The fourth-order valence-corrected chi connectivity index (χ4v) is 3.93. The van der Waals surface area contributed by atoms with Crippen molar-refractivity contribution in [1.82, 2.24) is 15.5 Å². The second-order valence-corrected chi connectivity index (χ2v) is 6.87. The van der Waals surface area contributed by atoms with E-state index >= 15 is 0 Å². The van der Waals surface area contributed by atoms with E-state index < -0.39 is 0 Å². The van der Waals surface area contributed by atoms with Crippen LogP contribution in [0.5, 0.6) is 0 Å². The van der Waals surface area contributed by atoms with Gasteiger partial charge in [-0.25, -0.2) is 0 Å². The summed E-state index contributed by atoms with van der Waals surface area (Å²) in [4.78, 5) is 18.7. The van der Waals surface area contributed by atoms with Gasteiger partial charge in [-0.1, -0.05) is 43.2 Å². The lowest BCUT2D eigenvalue weighted by Crippen LogP contribution is -2.44. The van der Waals surface area contributed by atoms with Gasteiger partial charge in [0.1, 0.15) is 0 Å². The van der Waals surface area contributed by atoms with Gasteiger partial charge in [0.15, 0.2) is 5.96 Å². The zero-order valence-electron chi connectivity index (χ0n) is 14.5. The topological polar surface area (TPSA) is 56.7 Å². The lowest BCUT2D eigenvalue weighted by atomic mass is 9.82. The number of amides is 1. The standard InChI is InChI=1S/C19H28N4O/c1-20-19(23-13-16-9-5-6-10-17(16)14-23)22-12-18(24)21-11-15-7-3-2-4-8-15/h2-4,7-8,16-17H,5-6,9-14H2,1H3,(H,20,22)(H,21,24). The van der Waals surface area contributed by atoms with Gasteiger partial charge in [0.25, 0.3) is 0 Å². The van der Waals surface area contributed by atoms with Gasteiger partial charge in [-0.15, -0.1) is 0 Å². The number of guanidine groups is 1. The number of hydrogen-bond acceptors (Lipinski definition) is 2. The molecule has 1 amide bonds. The van der Waals surface area contributed by atoms with Gasteiger partial charge in [-0.05, 0) is 30.2 Å². The molecular formula is C19H28N4O. The molecule has 1 aliphatic carbocycles. The monoisotopic (exact) mass is 328 g/mol. The summed E-state index contributed by atoms with van der Waals surface area (Å²) in [7, 11) is 1.80. The molecule has 1 aliphatic heterocycles. The lowest BCUT2D eigenvalue weighted by Gasteiger charge is -2.22. The summed E-state index contributed by atoms with van der Waals surface area (Å²) in [6.07, 6.45) is 5.41. The van der Waals surface area contributed by atoms with Crippen LogP contribution in [0.4, 0.5) is 0 Å². The molecule has 0 radical (unpaired) electrons. The van der Waals surface area contributed by atoms with Crippen molar-refractivity contribution in [2.24, 2.45) is 16.8 Å². The Balaban J connectivity index is 1.43. The van der Waals surface area contributed by atoms with Crippen LogP contribution < -0.4 is 10.6 Å². The number of fused-ring (bicyclic) bond motifs is 1. The van der Waals surface area contributed by atoms with Gasteiger partial charge in [0.2, 0.25) is 5.91 Å². The largest absolute Gasteiger partial charge is 0.350 e. The third-order valence-electron chi connectivity index (χ3n) is 5.23. The van der Waals surface area contributed by atoms with Crippen molar-refractivity contribution in [3.63, 3.8) is 0 Å². The van der Waals surface area contributed by atoms with Crippen LogP contribution >= 0.6 is 0 Å². The van der Waals surface area contributed by atoms with Gasteiger partial charge in [-0.3, -0.25) is 9.79 Å². The Morgan fingerprint density at radius 2 is 1.79 bits per heavy atom. The molecule has 24 heavy (non-hydrogen) atoms. The summed E-state index contributed by atoms with van der Waals surface area (Å²) in [6.45, 7) is 2.99. The van der Waals surface area contributed by atoms with Crippen molar-refractivity contribution >= 4 is 11.9 Å². The SMILES string of the molecule is CN=C(NCC(=O)NCc1ccccc1)N1CC2CCCCC2C1. The first-order valence-corrected chi connectivity index (χ1v) is 9.02. The van der Waals surface area contributed by atoms with Crippen LogP contribution in [0.25, 0.3) is 0 Å². The number of hydrogen-bond donors (Lipinski definition) is 2. The highest BCUT2D eigenvalue weighted by Crippen LogP contribution is 2.35. The Morgan fingerprint density at radius 1 is 1.12 bits per heavy atom. The first kappa shape index (κ1) is 16.8. The van der Waals surface area contributed by atoms with Crippen LogP contribution in [0, 0.1) is 11.8 Å². The molecule has 2 aliphatic rings. The zero-order chi connectivity index (χ0) is 16.8. The maximum Gasteiger partial charge on any atom is 0.239 e. The minimum absolute atomic E-state index is 0.00313. The molecule has 1 saturated carbocycles. The molecule has 0 spiro atoms. The molecule has 5 nitrogen and oxygen atoms in total. The second kappa shape index (κ2) is 8.18. The molecule has 3 rings (SSSR count). The van der Waals surface area contributed by atoms with Gasteiger partial charge in [0.05, 0.1) is 6.54 Å². The van der Waals surface area contributed by atoms with Gasteiger partial charge >= 0.3 is 0 Å². The highest BCUT2D eigenvalue weighted by atomic mass is 16.1. The number of carbonyl (C=O) groups is 1. The fraction of sp³-hybridized carbons (Fsp3) is 0.579. The minimum atomic E-state index is -0.00313. The summed E-state index contributed by atoms with van der Waals surface area (Å²) in [6, 6.07) is 9.96. The normalized spacial score (nSPS) is 23.7. The summed E-state index contributed by atoms with van der Waals surface area (Å²) >= 11 is 0. The van der Waals surface area contributed by atoms with Crippen LogP contribution in [-0.4, -0.2) is 43.4 Å². The first-order chi connectivity index (χ1) is 11.8.